The number of fused-ring (bicyclic) bond motifs is 1. The normalized spacial score (nSPS) is 13.0. The molecule has 1 aliphatic carbocycles. The van der Waals surface area contributed by atoms with E-state index in [1.165, 1.54) is 16.7 Å². The van der Waals surface area contributed by atoms with Crippen LogP contribution in [0.4, 0.5) is 5.69 Å². The lowest BCUT2D eigenvalue weighted by atomic mass is 9.87. The molecule has 154 valence electrons. The molecule has 1 heterocycles. The van der Waals surface area contributed by atoms with Gasteiger partial charge >= 0.3 is 0 Å². The number of hydrogen-bond donors (Lipinski definition) is 1. The zero-order valence-corrected chi connectivity index (χ0v) is 17.9. The van der Waals surface area contributed by atoms with Gasteiger partial charge in [0, 0.05) is 11.8 Å². The Morgan fingerprint density at radius 1 is 1.03 bits per heavy atom. The van der Waals surface area contributed by atoms with E-state index in [2.05, 4.69) is 43.2 Å². The Bertz CT molecular complexity index is 1040. The highest BCUT2D eigenvalue weighted by Crippen LogP contribution is 2.34. The predicted octanol–water partition coefficient (Wildman–Crippen LogP) is 5.70. The second-order valence-electron chi connectivity index (χ2n) is 8.86. The van der Waals surface area contributed by atoms with E-state index in [1.54, 1.807) is 6.20 Å². The molecule has 0 aliphatic heterocycles. The maximum absolute atomic E-state index is 12.9. The quantitative estimate of drug-likeness (QED) is 0.598. The fourth-order valence-corrected chi connectivity index (χ4v) is 3.77. The molecule has 4 heteroatoms. The first-order valence-corrected chi connectivity index (χ1v) is 10.5. The van der Waals surface area contributed by atoms with Gasteiger partial charge in [0.2, 0.25) is 0 Å². The number of amides is 1. The lowest BCUT2D eigenvalue weighted by molar-refractivity contribution is 0.102. The van der Waals surface area contributed by atoms with Crippen molar-refractivity contribution in [1.29, 1.82) is 0 Å². The maximum Gasteiger partial charge on any atom is 0.255 e. The van der Waals surface area contributed by atoms with Crippen LogP contribution < -0.4 is 10.1 Å². The molecule has 4 rings (SSSR count). The summed E-state index contributed by atoms with van der Waals surface area (Å²) in [6, 6.07) is 17.7. The van der Waals surface area contributed by atoms with Crippen molar-refractivity contribution in [3.63, 3.8) is 0 Å². The van der Waals surface area contributed by atoms with Gasteiger partial charge in [0.25, 0.3) is 5.91 Å². The van der Waals surface area contributed by atoms with Crippen LogP contribution in [0.1, 0.15) is 59.9 Å². The molecule has 0 unspecified atom stereocenters. The van der Waals surface area contributed by atoms with E-state index in [-0.39, 0.29) is 11.3 Å². The molecule has 0 fully saturated rings. The number of ether oxygens (including phenoxy) is 1. The summed E-state index contributed by atoms with van der Waals surface area (Å²) in [6.45, 7) is 6.86. The third-order valence-electron chi connectivity index (χ3n) is 5.56. The van der Waals surface area contributed by atoms with Gasteiger partial charge < -0.3 is 10.1 Å². The van der Waals surface area contributed by atoms with Crippen LogP contribution in [0.15, 0.2) is 60.8 Å². The Balaban J connectivity index is 1.55. The van der Waals surface area contributed by atoms with E-state index in [4.69, 9.17) is 4.74 Å². The van der Waals surface area contributed by atoms with E-state index in [1.807, 2.05) is 42.5 Å². The number of nitrogens with zero attached hydrogens (tertiary/aromatic N) is 1. The first-order valence-electron chi connectivity index (χ1n) is 10.5. The zero-order valence-electron chi connectivity index (χ0n) is 17.9. The minimum atomic E-state index is -0.129. The highest BCUT2D eigenvalue weighted by molar-refractivity contribution is 6.05. The van der Waals surface area contributed by atoms with Crippen LogP contribution in [0.2, 0.25) is 0 Å². The fraction of sp³-hybridized carbons (Fsp3) is 0.308. The number of pyridine rings is 1. The largest absolute Gasteiger partial charge is 0.485 e. The van der Waals surface area contributed by atoms with E-state index >= 15 is 0 Å². The van der Waals surface area contributed by atoms with Gasteiger partial charge in [-0.1, -0.05) is 39.0 Å². The third kappa shape index (κ3) is 4.54. The average molecular weight is 401 g/mol. The van der Waals surface area contributed by atoms with Gasteiger partial charge in [0.05, 0.1) is 11.4 Å². The van der Waals surface area contributed by atoms with Crippen LogP contribution in [-0.2, 0) is 24.9 Å². The Morgan fingerprint density at radius 2 is 1.77 bits per heavy atom. The number of nitrogens with one attached hydrogen (secondary N) is 1. The molecule has 1 amide bonds. The maximum atomic E-state index is 12.9. The molecule has 1 aromatic heterocycles. The topological polar surface area (TPSA) is 51.2 Å². The van der Waals surface area contributed by atoms with Crippen molar-refractivity contribution >= 4 is 11.6 Å². The first-order chi connectivity index (χ1) is 14.4. The van der Waals surface area contributed by atoms with Crippen LogP contribution in [0.5, 0.6) is 5.75 Å². The third-order valence-corrected chi connectivity index (χ3v) is 5.56. The van der Waals surface area contributed by atoms with Crippen LogP contribution in [0.3, 0.4) is 0 Å². The van der Waals surface area contributed by atoms with Gasteiger partial charge in [-0.3, -0.25) is 9.78 Å². The van der Waals surface area contributed by atoms with E-state index in [0.29, 0.717) is 17.9 Å². The number of anilines is 1. The summed E-state index contributed by atoms with van der Waals surface area (Å²) >= 11 is 0. The summed E-state index contributed by atoms with van der Waals surface area (Å²) in [4.78, 5) is 17.2. The van der Waals surface area contributed by atoms with Gasteiger partial charge in [0.1, 0.15) is 12.4 Å². The monoisotopic (exact) mass is 400 g/mol. The van der Waals surface area contributed by atoms with Gasteiger partial charge in [-0.05, 0) is 77.8 Å². The molecule has 2 aromatic carbocycles. The van der Waals surface area contributed by atoms with Crippen molar-refractivity contribution in [2.75, 3.05) is 5.32 Å². The smallest absolute Gasteiger partial charge is 0.255 e. The number of hydrogen-bond acceptors (Lipinski definition) is 3. The second kappa shape index (κ2) is 8.31. The number of benzene rings is 2. The SMILES string of the molecule is CC(C)(C)c1ccc(C(=O)Nc2cc3c(cc2OCc2ccccn2)CCC3)cc1. The molecule has 4 nitrogen and oxygen atoms in total. The minimum absolute atomic E-state index is 0.0570. The summed E-state index contributed by atoms with van der Waals surface area (Å²) in [7, 11) is 0. The summed E-state index contributed by atoms with van der Waals surface area (Å²) in [5.41, 5.74) is 6.07. The van der Waals surface area contributed by atoms with Crippen molar-refractivity contribution in [2.45, 2.75) is 52.1 Å². The molecule has 1 N–H and O–H groups in total. The van der Waals surface area contributed by atoms with Crippen molar-refractivity contribution in [3.8, 4) is 5.75 Å². The Labute approximate surface area is 178 Å². The fourth-order valence-electron chi connectivity index (χ4n) is 3.77. The Morgan fingerprint density at radius 3 is 2.43 bits per heavy atom. The molecule has 30 heavy (non-hydrogen) atoms. The molecule has 0 bridgehead atoms. The number of aryl methyl sites for hydroxylation is 2. The van der Waals surface area contributed by atoms with E-state index in [9.17, 15) is 4.79 Å². The number of carbonyl (C=O) groups excluding carboxylic acids is 1. The summed E-state index contributed by atoms with van der Waals surface area (Å²) in [5.74, 6) is 0.567. The zero-order chi connectivity index (χ0) is 21.1. The molecule has 1 aliphatic rings. The van der Waals surface area contributed by atoms with Crippen LogP contribution in [0.25, 0.3) is 0 Å². The molecule has 0 radical (unpaired) electrons. The molecule has 0 saturated carbocycles. The summed E-state index contributed by atoms with van der Waals surface area (Å²) in [6.07, 6.45) is 4.99. The highest BCUT2D eigenvalue weighted by Gasteiger charge is 2.19. The molecule has 0 spiro atoms. The highest BCUT2D eigenvalue weighted by atomic mass is 16.5. The second-order valence-corrected chi connectivity index (χ2v) is 8.86. The standard InChI is InChI=1S/C26H28N2O2/c1-26(2,3)21-12-10-18(11-13-21)25(29)28-23-15-19-7-6-8-20(19)16-24(23)30-17-22-9-4-5-14-27-22/h4-5,9-16H,6-8,17H2,1-3H3,(H,28,29). The molecule has 0 saturated heterocycles. The lowest BCUT2D eigenvalue weighted by Crippen LogP contribution is -2.15. The number of carbonyl (C=O) groups is 1. The van der Waals surface area contributed by atoms with Crippen LogP contribution >= 0.6 is 0 Å². The number of rotatable bonds is 5. The molecule has 0 atom stereocenters. The van der Waals surface area contributed by atoms with Gasteiger partial charge in [-0.15, -0.1) is 0 Å². The van der Waals surface area contributed by atoms with Crippen molar-refractivity contribution in [3.05, 3.63) is 88.7 Å². The van der Waals surface area contributed by atoms with Crippen molar-refractivity contribution in [2.24, 2.45) is 0 Å². The predicted molar refractivity (Wildman–Crippen MR) is 120 cm³/mol. The Hall–Kier alpha value is -3.14. The van der Waals surface area contributed by atoms with Crippen LogP contribution in [-0.4, -0.2) is 10.9 Å². The summed E-state index contributed by atoms with van der Waals surface area (Å²) in [5, 5.41) is 3.07. The van der Waals surface area contributed by atoms with Gasteiger partial charge in [-0.2, -0.15) is 0 Å². The number of aromatic nitrogens is 1. The Kier molecular flexibility index (Phi) is 5.58. The van der Waals surface area contributed by atoms with Crippen molar-refractivity contribution in [1.82, 2.24) is 4.98 Å². The lowest BCUT2D eigenvalue weighted by Gasteiger charge is -2.19. The van der Waals surface area contributed by atoms with Crippen LogP contribution in [0, 0.1) is 0 Å². The van der Waals surface area contributed by atoms with E-state index < -0.39 is 0 Å². The van der Waals surface area contributed by atoms with Gasteiger partial charge in [0.15, 0.2) is 0 Å². The van der Waals surface area contributed by atoms with Crippen molar-refractivity contribution < 1.29 is 9.53 Å². The minimum Gasteiger partial charge on any atom is -0.485 e. The molecular formula is C26H28N2O2. The average Bonchev–Trinajstić information content (AvgIpc) is 3.19. The molecular weight excluding hydrogens is 372 g/mol. The van der Waals surface area contributed by atoms with E-state index in [0.717, 1.165) is 30.6 Å². The first kappa shape index (κ1) is 20.1. The van der Waals surface area contributed by atoms with Gasteiger partial charge in [-0.25, -0.2) is 0 Å². The molecule has 3 aromatic rings. The summed E-state index contributed by atoms with van der Waals surface area (Å²) < 4.78 is 6.07.